The molecule has 16 heavy (non-hydrogen) atoms. The van der Waals surface area contributed by atoms with Gasteiger partial charge in [0.1, 0.15) is 0 Å². The van der Waals surface area contributed by atoms with Crippen molar-refractivity contribution in [2.24, 2.45) is 5.41 Å². The Bertz CT molecular complexity index is 213. The van der Waals surface area contributed by atoms with Gasteiger partial charge >= 0.3 is 0 Å². The van der Waals surface area contributed by atoms with Crippen molar-refractivity contribution >= 4 is 17.7 Å². The van der Waals surface area contributed by atoms with Gasteiger partial charge in [0.2, 0.25) is 5.91 Å². The standard InChI is InChI=1S/C11H22N2O2S/c1-15-9-11(3-5-12-6-4-11)8-13-10(14)7-16-2/h12H,3-9H2,1-2H3,(H,13,14). The lowest BCUT2D eigenvalue weighted by molar-refractivity contribution is -0.119. The molecular weight excluding hydrogens is 224 g/mol. The van der Waals surface area contributed by atoms with Gasteiger partial charge in [-0.3, -0.25) is 4.79 Å². The fraction of sp³-hybridized carbons (Fsp3) is 0.909. The summed E-state index contributed by atoms with van der Waals surface area (Å²) in [5, 5.41) is 6.35. The lowest BCUT2D eigenvalue weighted by Gasteiger charge is -2.37. The quantitative estimate of drug-likeness (QED) is 0.716. The molecule has 4 nitrogen and oxygen atoms in total. The van der Waals surface area contributed by atoms with Crippen LogP contribution < -0.4 is 10.6 Å². The zero-order chi connectivity index (χ0) is 11.9. The van der Waals surface area contributed by atoms with Crippen LogP contribution in [0.1, 0.15) is 12.8 Å². The van der Waals surface area contributed by atoms with E-state index in [0.29, 0.717) is 5.75 Å². The summed E-state index contributed by atoms with van der Waals surface area (Å²) in [6.45, 7) is 3.50. The Morgan fingerprint density at radius 3 is 2.75 bits per heavy atom. The van der Waals surface area contributed by atoms with Crippen LogP contribution in [0.5, 0.6) is 0 Å². The highest BCUT2D eigenvalue weighted by Gasteiger charge is 2.32. The number of hydrogen-bond acceptors (Lipinski definition) is 4. The second kappa shape index (κ2) is 7.14. The summed E-state index contributed by atoms with van der Waals surface area (Å²) in [6.07, 6.45) is 4.08. The third-order valence-electron chi connectivity index (χ3n) is 3.05. The molecular formula is C11H22N2O2S. The van der Waals surface area contributed by atoms with Crippen molar-refractivity contribution in [1.82, 2.24) is 10.6 Å². The summed E-state index contributed by atoms with van der Waals surface area (Å²) in [5.74, 6) is 0.669. The number of thioether (sulfide) groups is 1. The Kier molecular flexibility index (Phi) is 6.16. The number of piperidine rings is 1. The van der Waals surface area contributed by atoms with E-state index in [1.54, 1.807) is 18.9 Å². The molecule has 0 aromatic rings. The molecule has 0 atom stereocenters. The number of methoxy groups -OCH3 is 1. The largest absolute Gasteiger partial charge is 0.384 e. The molecule has 0 radical (unpaired) electrons. The first-order chi connectivity index (χ1) is 7.72. The monoisotopic (exact) mass is 246 g/mol. The maximum absolute atomic E-state index is 11.4. The fourth-order valence-corrected chi connectivity index (χ4v) is 2.47. The number of hydrogen-bond donors (Lipinski definition) is 2. The second-order valence-electron chi connectivity index (χ2n) is 4.39. The minimum absolute atomic E-state index is 0.126. The summed E-state index contributed by atoms with van der Waals surface area (Å²) >= 11 is 1.55. The maximum Gasteiger partial charge on any atom is 0.230 e. The number of rotatable bonds is 6. The molecule has 0 spiro atoms. The predicted octanol–water partition coefficient (Wildman–Crippen LogP) is 0.482. The molecule has 1 heterocycles. The molecule has 1 rings (SSSR count). The average Bonchev–Trinajstić information content (AvgIpc) is 2.29. The molecule has 0 saturated carbocycles. The molecule has 2 N–H and O–H groups in total. The third-order valence-corrected chi connectivity index (χ3v) is 3.60. The van der Waals surface area contributed by atoms with E-state index >= 15 is 0 Å². The van der Waals surface area contributed by atoms with Crippen molar-refractivity contribution in [3.63, 3.8) is 0 Å². The summed E-state index contributed by atoms with van der Waals surface area (Å²) < 4.78 is 5.29. The van der Waals surface area contributed by atoms with Gasteiger partial charge in [-0.15, -0.1) is 0 Å². The second-order valence-corrected chi connectivity index (χ2v) is 5.26. The van der Waals surface area contributed by atoms with Crippen LogP contribution in [0.2, 0.25) is 0 Å². The van der Waals surface area contributed by atoms with E-state index in [9.17, 15) is 4.79 Å². The highest BCUT2D eigenvalue weighted by Crippen LogP contribution is 2.28. The number of ether oxygens (including phenoxy) is 1. The lowest BCUT2D eigenvalue weighted by atomic mass is 9.79. The first kappa shape index (κ1) is 13.8. The van der Waals surface area contributed by atoms with Crippen LogP contribution >= 0.6 is 11.8 Å². The number of carbonyl (C=O) groups is 1. The molecule has 1 fully saturated rings. The minimum Gasteiger partial charge on any atom is -0.384 e. The lowest BCUT2D eigenvalue weighted by Crippen LogP contribution is -2.47. The van der Waals surface area contributed by atoms with Crippen LogP contribution in [-0.2, 0) is 9.53 Å². The van der Waals surface area contributed by atoms with E-state index in [0.717, 1.165) is 39.1 Å². The molecule has 5 heteroatoms. The summed E-state index contributed by atoms with van der Waals surface area (Å²) in [7, 11) is 1.73. The molecule has 1 aliphatic heterocycles. The molecule has 1 saturated heterocycles. The zero-order valence-electron chi connectivity index (χ0n) is 10.2. The summed E-state index contributed by atoms with van der Waals surface area (Å²) in [5.41, 5.74) is 0.133. The van der Waals surface area contributed by atoms with Crippen molar-refractivity contribution in [2.45, 2.75) is 12.8 Å². The van der Waals surface area contributed by atoms with Crippen LogP contribution in [-0.4, -0.2) is 51.3 Å². The summed E-state index contributed by atoms with van der Waals surface area (Å²) in [6, 6.07) is 0. The summed E-state index contributed by atoms with van der Waals surface area (Å²) in [4.78, 5) is 11.4. The SMILES string of the molecule is COCC1(CNC(=O)CSC)CCNCC1. The van der Waals surface area contributed by atoms with Gasteiger partial charge in [-0.1, -0.05) is 0 Å². The topological polar surface area (TPSA) is 50.4 Å². The molecule has 0 aromatic heterocycles. The maximum atomic E-state index is 11.4. The van der Waals surface area contributed by atoms with Gasteiger partial charge in [0, 0.05) is 19.1 Å². The van der Waals surface area contributed by atoms with Gasteiger partial charge in [0.25, 0.3) is 0 Å². The molecule has 0 unspecified atom stereocenters. The molecule has 0 aliphatic carbocycles. The van der Waals surface area contributed by atoms with Crippen LogP contribution in [0.25, 0.3) is 0 Å². The number of nitrogens with one attached hydrogen (secondary N) is 2. The number of amides is 1. The van der Waals surface area contributed by atoms with Crippen molar-refractivity contribution < 1.29 is 9.53 Å². The average molecular weight is 246 g/mol. The van der Waals surface area contributed by atoms with E-state index < -0.39 is 0 Å². The zero-order valence-corrected chi connectivity index (χ0v) is 11.0. The van der Waals surface area contributed by atoms with Crippen molar-refractivity contribution in [1.29, 1.82) is 0 Å². The Morgan fingerprint density at radius 2 is 2.19 bits per heavy atom. The smallest absolute Gasteiger partial charge is 0.230 e. The Hall–Kier alpha value is -0.260. The van der Waals surface area contributed by atoms with Gasteiger partial charge in [-0.2, -0.15) is 11.8 Å². The highest BCUT2D eigenvalue weighted by molar-refractivity contribution is 7.99. The van der Waals surface area contributed by atoms with E-state index in [4.69, 9.17) is 4.74 Å². The van der Waals surface area contributed by atoms with Gasteiger partial charge < -0.3 is 15.4 Å². The van der Waals surface area contributed by atoms with Crippen molar-refractivity contribution in [3.05, 3.63) is 0 Å². The van der Waals surface area contributed by atoms with Gasteiger partial charge in [0.15, 0.2) is 0 Å². The molecule has 1 amide bonds. The predicted molar refractivity (Wildman–Crippen MR) is 67.8 cm³/mol. The first-order valence-corrected chi connectivity index (χ1v) is 7.07. The molecule has 0 aromatic carbocycles. The van der Waals surface area contributed by atoms with Crippen molar-refractivity contribution in [2.75, 3.05) is 45.4 Å². The first-order valence-electron chi connectivity index (χ1n) is 5.68. The van der Waals surface area contributed by atoms with Crippen LogP contribution in [0.3, 0.4) is 0 Å². The Balaban J connectivity index is 2.40. The van der Waals surface area contributed by atoms with Crippen molar-refractivity contribution in [3.8, 4) is 0 Å². The Morgan fingerprint density at radius 1 is 1.50 bits per heavy atom. The van der Waals surface area contributed by atoms with Gasteiger partial charge in [-0.25, -0.2) is 0 Å². The van der Waals surface area contributed by atoms with E-state index in [2.05, 4.69) is 10.6 Å². The molecule has 0 bridgehead atoms. The van der Waals surface area contributed by atoms with E-state index in [-0.39, 0.29) is 11.3 Å². The molecule has 94 valence electrons. The highest BCUT2D eigenvalue weighted by atomic mass is 32.2. The normalized spacial score (nSPS) is 19.4. The van der Waals surface area contributed by atoms with Crippen LogP contribution in [0.15, 0.2) is 0 Å². The molecule has 1 aliphatic rings. The van der Waals surface area contributed by atoms with Crippen LogP contribution in [0, 0.1) is 5.41 Å². The van der Waals surface area contributed by atoms with Gasteiger partial charge in [-0.05, 0) is 32.2 Å². The Labute approximate surface area is 102 Å². The van der Waals surface area contributed by atoms with E-state index in [1.807, 2.05) is 6.26 Å². The van der Waals surface area contributed by atoms with Crippen LogP contribution in [0.4, 0.5) is 0 Å². The fourth-order valence-electron chi connectivity index (χ4n) is 2.10. The third kappa shape index (κ3) is 4.31. The van der Waals surface area contributed by atoms with E-state index in [1.165, 1.54) is 0 Å². The number of carbonyl (C=O) groups excluding carboxylic acids is 1. The van der Waals surface area contributed by atoms with Gasteiger partial charge in [0.05, 0.1) is 12.4 Å². The minimum atomic E-state index is 0.126.